The van der Waals surface area contributed by atoms with Crippen LogP contribution in [0.15, 0.2) is 78.9 Å². The van der Waals surface area contributed by atoms with Crippen LogP contribution in [0.2, 0.25) is 5.02 Å². The van der Waals surface area contributed by atoms with Crippen LogP contribution < -0.4 is 14.8 Å². The first kappa shape index (κ1) is 20.7. The zero-order valence-corrected chi connectivity index (χ0v) is 16.9. The third-order valence-corrected chi connectivity index (χ3v) is 4.56. The fourth-order valence-corrected chi connectivity index (χ4v) is 2.94. The average Bonchev–Trinajstić information content (AvgIpc) is 2.77. The van der Waals surface area contributed by atoms with Crippen LogP contribution in [0.4, 0.5) is 0 Å². The van der Waals surface area contributed by atoms with Crippen molar-refractivity contribution in [1.29, 1.82) is 0 Å². The van der Waals surface area contributed by atoms with Crippen molar-refractivity contribution in [3.8, 4) is 22.6 Å². The molecule has 0 radical (unpaired) electrons. The van der Waals surface area contributed by atoms with Crippen LogP contribution in [0.1, 0.15) is 12.8 Å². The SMILES string of the molecule is O=C(COc1ccccc1-c1ccccc1)NCCCCOc1ccc(Cl)cc1. The molecule has 0 fully saturated rings. The molecule has 3 aromatic carbocycles. The van der Waals surface area contributed by atoms with Gasteiger partial charge in [-0.3, -0.25) is 4.79 Å². The first-order chi connectivity index (χ1) is 14.2. The third-order valence-electron chi connectivity index (χ3n) is 4.31. The van der Waals surface area contributed by atoms with E-state index in [2.05, 4.69) is 5.32 Å². The minimum Gasteiger partial charge on any atom is -0.494 e. The molecule has 5 heteroatoms. The van der Waals surface area contributed by atoms with E-state index in [1.807, 2.05) is 66.7 Å². The van der Waals surface area contributed by atoms with E-state index in [0.717, 1.165) is 29.7 Å². The third kappa shape index (κ3) is 6.84. The van der Waals surface area contributed by atoms with Gasteiger partial charge in [-0.2, -0.15) is 0 Å². The van der Waals surface area contributed by atoms with Crippen LogP contribution in [0.5, 0.6) is 11.5 Å². The summed E-state index contributed by atoms with van der Waals surface area (Å²) in [4.78, 5) is 12.1. The summed E-state index contributed by atoms with van der Waals surface area (Å²) in [6, 6.07) is 25.0. The number of rotatable bonds is 10. The second-order valence-electron chi connectivity index (χ2n) is 6.51. The van der Waals surface area contributed by atoms with Gasteiger partial charge in [-0.1, -0.05) is 60.1 Å². The lowest BCUT2D eigenvalue weighted by molar-refractivity contribution is -0.123. The van der Waals surface area contributed by atoms with Gasteiger partial charge in [0, 0.05) is 17.1 Å². The highest BCUT2D eigenvalue weighted by Gasteiger charge is 2.08. The smallest absolute Gasteiger partial charge is 0.257 e. The van der Waals surface area contributed by atoms with E-state index in [1.54, 1.807) is 12.1 Å². The summed E-state index contributed by atoms with van der Waals surface area (Å²) in [7, 11) is 0. The predicted octanol–water partition coefficient (Wildman–Crippen LogP) is 5.36. The molecule has 3 aromatic rings. The van der Waals surface area contributed by atoms with E-state index in [9.17, 15) is 4.79 Å². The Hall–Kier alpha value is -2.98. The van der Waals surface area contributed by atoms with E-state index in [4.69, 9.17) is 21.1 Å². The summed E-state index contributed by atoms with van der Waals surface area (Å²) in [5.74, 6) is 1.36. The number of para-hydroxylation sites is 1. The Morgan fingerprint density at radius 2 is 1.55 bits per heavy atom. The molecule has 0 aliphatic rings. The van der Waals surface area contributed by atoms with E-state index in [-0.39, 0.29) is 12.5 Å². The molecule has 1 N–H and O–H groups in total. The van der Waals surface area contributed by atoms with Gasteiger partial charge >= 0.3 is 0 Å². The van der Waals surface area contributed by atoms with E-state index >= 15 is 0 Å². The molecule has 3 rings (SSSR count). The lowest BCUT2D eigenvalue weighted by Crippen LogP contribution is -2.29. The van der Waals surface area contributed by atoms with Gasteiger partial charge in [-0.15, -0.1) is 0 Å². The van der Waals surface area contributed by atoms with E-state index in [0.29, 0.717) is 23.9 Å². The Bertz CT molecular complexity index is 898. The predicted molar refractivity (Wildman–Crippen MR) is 117 cm³/mol. The second kappa shape index (κ2) is 11.1. The molecule has 0 aliphatic heterocycles. The molecule has 0 atom stereocenters. The van der Waals surface area contributed by atoms with Crippen LogP contribution in [0.25, 0.3) is 11.1 Å². The largest absolute Gasteiger partial charge is 0.494 e. The molecule has 0 saturated heterocycles. The molecule has 150 valence electrons. The molecular weight excluding hydrogens is 386 g/mol. The minimum absolute atomic E-state index is 0.00881. The van der Waals surface area contributed by atoms with Gasteiger partial charge in [0.2, 0.25) is 0 Å². The molecule has 0 unspecified atom stereocenters. The summed E-state index contributed by atoms with van der Waals surface area (Å²) in [6.07, 6.45) is 1.68. The van der Waals surface area contributed by atoms with Crippen molar-refractivity contribution in [3.63, 3.8) is 0 Å². The summed E-state index contributed by atoms with van der Waals surface area (Å²) < 4.78 is 11.4. The summed E-state index contributed by atoms with van der Waals surface area (Å²) in [5.41, 5.74) is 2.03. The van der Waals surface area contributed by atoms with Gasteiger partial charge < -0.3 is 14.8 Å². The number of halogens is 1. The maximum atomic E-state index is 12.1. The monoisotopic (exact) mass is 409 g/mol. The van der Waals surface area contributed by atoms with Crippen LogP contribution in [-0.4, -0.2) is 25.7 Å². The highest BCUT2D eigenvalue weighted by Crippen LogP contribution is 2.29. The lowest BCUT2D eigenvalue weighted by Gasteiger charge is -2.12. The van der Waals surface area contributed by atoms with Gasteiger partial charge in [0.05, 0.1) is 6.61 Å². The zero-order chi connectivity index (χ0) is 20.3. The Morgan fingerprint density at radius 3 is 2.34 bits per heavy atom. The van der Waals surface area contributed by atoms with Gasteiger partial charge in [0.1, 0.15) is 11.5 Å². The molecule has 1 amide bonds. The fourth-order valence-electron chi connectivity index (χ4n) is 2.82. The maximum absolute atomic E-state index is 12.1. The number of benzene rings is 3. The van der Waals surface area contributed by atoms with Crippen LogP contribution in [-0.2, 0) is 4.79 Å². The van der Waals surface area contributed by atoms with Crippen molar-refractivity contribution < 1.29 is 14.3 Å². The lowest BCUT2D eigenvalue weighted by atomic mass is 10.1. The maximum Gasteiger partial charge on any atom is 0.257 e. The van der Waals surface area contributed by atoms with Crippen molar-refractivity contribution in [2.75, 3.05) is 19.8 Å². The van der Waals surface area contributed by atoms with Crippen molar-refractivity contribution in [2.45, 2.75) is 12.8 Å². The molecule has 0 heterocycles. The summed E-state index contributed by atoms with van der Waals surface area (Å²) in [5, 5.41) is 3.57. The number of amides is 1. The number of carbonyl (C=O) groups is 1. The second-order valence-corrected chi connectivity index (χ2v) is 6.95. The van der Waals surface area contributed by atoms with Crippen molar-refractivity contribution in [1.82, 2.24) is 5.32 Å². The molecule has 0 saturated carbocycles. The Balaban J connectivity index is 1.35. The van der Waals surface area contributed by atoms with Gasteiger partial charge in [-0.25, -0.2) is 0 Å². The standard InChI is InChI=1S/C24H24ClNO3/c25-20-12-14-21(15-13-20)28-17-7-6-16-26-24(27)18-29-23-11-5-4-10-22(23)19-8-2-1-3-9-19/h1-5,8-15H,6-7,16-18H2,(H,26,27). The number of unbranched alkanes of at least 4 members (excludes halogenated alkanes) is 1. The van der Waals surface area contributed by atoms with Crippen molar-refractivity contribution >= 4 is 17.5 Å². The van der Waals surface area contributed by atoms with Crippen molar-refractivity contribution in [3.05, 3.63) is 83.9 Å². The number of hydrogen-bond acceptors (Lipinski definition) is 3. The van der Waals surface area contributed by atoms with Crippen LogP contribution >= 0.6 is 11.6 Å². The van der Waals surface area contributed by atoms with Gasteiger partial charge in [-0.05, 0) is 48.7 Å². The van der Waals surface area contributed by atoms with Crippen LogP contribution in [0, 0.1) is 0 Å². The minimum atomic E-state index is -0.133. The molecule has 4 nitrogen and oxygen atoms in total. The Morgan fingerprint density at radius 1 is 0.828 bits per heavy atom. The first-order valence-electron chi connectivity index (χ1n) is 9.65. The van der Waals surface area contributed by atoms with E-state index in [1.165, 1.54) is 0 Å². The fraction of sp³-hybridized carbons (Fsp3) is 0.208. The van der Waals surface area contributed by atoms with Gasteiger partial charge in [0.25, 0.3) is 5.91 Å². The molecule has 29 heavy (non-hydrogen) atoms. The molecule has 0 aromatic heterocycles. The topological polar surface area (TPSA) is 47.6 Å². The van der Waals surface area contributed by atoms with Gasteiger partial charge in [0.15, 0.2) is 6.61 Å². The summed E-state index contributed by atoms with van der Waals surface area (Å²) >= 11 is 5.84. The highest BCUT2D eigenvalue weighted by atomic mass is 35.5. The Labute approximate surface area is 176 Å². The molecule has 0 aliphatic carbocycles. The molecular formula is C24H24ClNO3. The number of nitrogens with one attached hydrogen (secondary N) is 1. The average molecular weight is 410 g/mol. The number of ether oxygens (including phenoxy) is 2. The zero-order valence-electron chi connectivity index (χ0n) is 16.1. The normalized spacial score (nSPS) is 10.4. The first-order valence-corrected chi connectivity index (χ1v) is 10.0. The van der Waals surface area contributed by atoms with Crippen LogP contribution in [0.3, 0.4) is 0 Å². The highest BCUT2D eigenvalue weighted by molar-refractivity contribution is 6.30. The summed E-state index contributed by atoms with van der Waals surface area (Å²) in [6.45, 7) is 1.18. The molecule has 0 spiro atoms. The number of hydrogen-bond donors (Lipinski definition) is 1. The van der Waals surface area contributed by atoms with Crippen molar-refractivity contribution in [2.24, 2.45) is 0 Å². The molecule has 0 bridgehead atoms. The Kier molecular flexibility index (Phi) is 7.96. The van der Waals surface area contributed by atoms with E-state index < -0.39 is 0 Å². The quantitative estimate of drug-likeness (QED) is 0.458. The number of carbonyl (C=O) groups excluding carboxylic acids is 1.